The maximum atomic E-state index is 14.6. The van der Waals surface area contributed by atoms with Gasteiger partial charge in [-0.15, -0.1) is 0 Å². The van der Waals surface area contributed by atoms with Gasteiger partial charge in [-0.3, -0.25) is 4.98 Å². The standard InChI is InChI=1S/C27H26ClFN4/c28-20-8-11-23-25(13-14-30-26(23)18-20)31-22-10-12-24(29)19(17-22)7-9-21-5-4-6-27(32-21)33-15-2-1-3-16-33/h4-6,8,10-14,17-18H,1-3,7,9,15-16H2,(H,30,31). The van der Waals surface area contributed by atoms with E-state index in [1.165, 1.54) is 25.3 Å². The van der Waals surface area contributed by atoms with E-state index in [1.807, 2.05) is 36.4 Å². The number of aryl methyl sites for hydroxylation is 2. The molecule has 168 valence electrons. The number of anilines is 3. The molecule has 0 bridgehead atoms. The first-order valence-electron chi connectivity index (χ1n) is 11.5. The van der Waals surface area contributed by atoms with Gasteiger partial charge in [0.15, 0.2) is 0 Å². The molecule has 4 nitrogen and oxygen atoms in total. The number of piperidine rings is 1. The zero-order chi connectivity index (χ0) is 22.6. The predicted octanol–water partition coefficient (Wildman–Crippen LogP) is 6.94. The van der Waals surface area contributed by atoms with Gasteiger partial charge >= 0.3 is 0 Å². The highest BCUT2D eigenvalue weighted by Crippen LogP contribution is 2.28. The molecule has 33 heavy (non-hydrogen) atoms. The molecule has 1 aliphatic heterocycles. The van der Waals surface area contributed by atoms with Crippen LogP contribution in [0.15, 0.2) is 66.9 Å². The third-order valence-corrected chi connectivity index (χ3v) is 6.39. The van der Waals surface area contributed by atoms with Crippen LogP contribution in [0.3, 0.4) is 0 Å². The van der Waals surface area contributed by atoms with Crippen molar-refractivity contribution in [2.75, 3.05) is 23.3 Å². The van der Waals surface area contributed by atoms with Crippen molar-refractivity contribution in [1.29, 1.82) is 0 Å². The van der Waals surface area contributed by atoms with Gasteiger partial charge in [0.25, 0.3) is 0 Å². The lowest BCUT2D eigenvalue weighted by atomic mass is 10.1. The molecular weight excluding hydrogens is 435 g/mol. The first kappa shape index (κ1) is 21.7. The lowest BCUT2D eigenvalue weighted by Gasteiger charge is -2.28. The Morgan fingerprint density at radius 1 is 0.939 bits per heavy atom. The van der Waals surface area contributed by atoms with Crippen molar-refractivity contribution in [2.24, 2.45) is 0 Å². The molecule has 1 aliphatic rings. The van der Waals surface area contributed by atoms with E-state index >= 15 is 0 Å². The van der Waals surface area contributed by atoms with Crippen molar-refractivity contribution in [1.82, 2.24) is 9.97 Å². The lowest BCUT2D eigenvalue weighted by Crippen LogP contribution is -2.30. The fourth-order valence-corrected chi connectivity index (χ4v) is 4.56. The van der Waals surface area contributed by atoms with Gasteiger partial charge in [0, 0.05) is 46.8 Å². The van der Waals surface area contributed by atoms with Crippen LogP contribution in [0.25, 0.3) is 10.9 Å². The average Bonchev–Trinajstić information content (AvgIpc) is 2.85. The molecule has 1 saturated heterocycles. The number of benzene rings is 2. The first-order chi connectivity index (χ1) is 16.2. The number of rotatable bonds is 6. The number of fused-ring (bicyclic) bond motifs is 1. The summed E-state index contributed by atoms with van der Waals surface area (Å²) >= 11 is 6.10. The summed E-state index contributed by atoms with van der Waals surface area (Å²) in [5, 5.41) is 5.02. The Morgan fingerprint density at radius 3 is 2.70 bits per heavy atom. The molecule has 0 saturated carbocycles. The Bertz CT molecular complexity index is 1270. The van der Waals surface area contributed by atoms with Gasteiger partial charge in [-0.25, -0.2) is 9.37 Å². The maximum Gasteiger partial charge on any atom is 0.128 e. The topological polar surface area (TPSA) is 41.1 Å². The van der Waals surface area contributed by atoms with E-state index in [0.717, 1.165) is 46.9 Å². The minimum Gasteiger partial charge on any atom is -0.357 e. The summed E-state index contributed by atoms with van der Waals surface area (Å²) in [7, 11) is 0. The molecule has 4 aromatic rings. The third-order valence-electron chi connectivity index (χ3n) is 6.15. The molecule has 1 N–H and O–H groups in total. The van der Waals surface area contributed by atoms with E-state index in [0.29, 0.717) is 23.4 Å². The SMILES string of the molecule is Fc1ccc(Nc2ccnc3cc(Cl)ccc23)cc1CCc1cccc(N2CCCCC2)n1. The summed E-state index contributed by atoms with van der Waals surface area (Å²) < 4.78 is 14.6. The summed E-state index contributed by atoms with van der Waals surface area (Å²) in [6.45, 7) is 2.13. The predicted molar refractivity (Wildman–Crippen MR) is 134 cm³/mol. The van der Waals surface area contributed by atoms with Crippen molar-refractivity contribution in [3.63, 3.8) is 0 Å². The van der Waals surface area contributed by atoms with E-state index in [1.54, 1.807) is 12.3 Å². The van der Waals surface area contributed by atoms with Crippen LogP contribution in [0.1, 0.15) is 30.5 Å². The number of hydrogen-bond donors (Lipinski definition) is 1. The summed E-state index contributed by atoms with van der Waals surface area (Å²) in [5.41, 5.74) is 4.22. The molecule has 2 aromatic heterocycles. The van der Waals surface area contributed by atoms with Crippen LogP contribution in [0.5, 0.6) is 0 Å². The first-order valence-corrected chi connectivity index (χ1v) is 11.8. The van der Waals surface area contributed by atoms with E-state index < -0.39 is 0 Å². The molecule has 0 aliphatic carbocycles. The van der Waals surface area contributed by atoms with Crippen LogP contribution in [-0.4, -0.2) is 23.1 Å². The molecule has 6 heteroatoms. The minimum atomic E-state index is -0.195. The van der Waals surface area contributed by atoms with Gasteiger partial charge < -0.3 is 10.2 Å². The Kier molecular flexibility index (Phi) is 6.40. The fourth-order valence-electron chi connectivity index (χ4n) is 4.40. The highest BCUT2D eigenvalue weighted by atomic mass is 35.5. The normalized spacial score (nSPS) is 13.9. The van der Waals surface area contributed by atoms with Gasteiger partial charge in [0.1, 0.15) is 11.6 Å². The Labute approximate surface area is 198 Å². The average molecular weight is 461 g/mol. The quantitative estimate of drug-likeness (QED) is 0.338. The van der Waals surface area contributed by atoms with E-state index in [2.05, 4.69) is 27.3 Å². The molecule has 0 amide bonds. The fraction of sp³-hybridized carbons (Fsp3) is 0.259. The summed E-state index contributed by atoms with van der Waals surface area (Å²) in [4.78, 5) is 11.6. The molecular formula is C27H26ClFN4. The lowest BCUT2D eigenvalue weighted by molar-refractivity contribution is 0.572. The minimum absolute atomic E-state index is 0.195. The second-order valence-electron chi connectivity index (χ2n) is 8.49. The summed E-state index contributed by atoms with van der Waals surface area (Å²) in [5.74, 6) is 0.840. The Morgan fingerprint density at radius 2 is 1.82 bits per heavy atom. The highest BCUT2D eigenvalue weighted by molar-refractivity contribution is 6.31. The number of aromatic nitrogens is 2. The number of nitrogens with one attached hydrogen (secondary N) is 1. The summed E-state index contributed by atoms with van der Waals surface area (Å²) in [6.07, 6.45) is 6.76. The van der Waals surface area contributed by atoms with E-state index in [4.69, 9.17) is 16.6 Å². The van der Waals surface area contributed by atoms with Gasteiger partial charge in [-0.2, -0.15) is 0 Å². The van der Waals surface area contributed by atoms with Gasteiger partial charge in [0.2, 0.25) is 0 Å². The molecule has 2 aromatic carbocycles. The molecule has 0 atom stereocenters. The Hall–Kier alpha value is -3.18. The zero-order valence-electron chi connectivity index (χ0n) is 18.4. The number of hydrogen-bond acceptors (Lipinski definition) is 4. The van der Waals surface area contributed by atoms with Gasteiger partial charge in [0.05, 0.1) is 5.52 Å². The van der Waals surface area contributed by atoms with Crippen LogP contribution < -0.4 is 10.2 Å². The van der Waals surface area contributed by atoms with Crippen LogP contribution in [-0.2, 0) is 12.8 Å². The molecule has 0 unspecified atom stereocenters. The van der Waals surface area contributed by atoms with E-state index in [-0.39, 0.29) is 5.82 Å². The molecule has 0 radical (unpaired) electrons. The number of halogens is 2. The smallest absolute Gasteiger partial charge is 0.128 e. The largest absolute Gasteiger partial charge is 0.357 e. The number of nitrogens with zero attached hydrogens (tertiary/aromatic N) is 3. The van der Waals surface area contributed by atoms with E-state index in [9.17, 15) is 4.39 Å². The molecule has 5 rings (SSSR count). The van der Waals surface area contributed by atoms with Crippen molar-refractivity contribution < 1.29 is 4.39 Å². The van der Waals surface area contributed by atoms with Crippen LogP contribution in [0.2, 0.25) is 5.02 Å². The van der Waals surface area contributed by atoms with Crippen molar-refractivity contribution in [3.05, 3.63) is 89.0 Å². The van der Waals surface area contributed by atoms with Crippen molar-refractivity contribution in [3.8, 4) is 0 Å². The second-order valence-corrected chi connectivity index (χ2v) is 8.92. The van der Waals surface area contributed by atoms with Gasteiger partial charge in [-0.05, 0) is 92.3 Å². The van der Waals surface area contributed by atoms with Crippen molar-refractivity contribution in [2.45, 2.75) is 32.1 Å². The highest BCUT2D eigenvalue weighted by Gasteiger charge is 2.13. The van der Waals surface area contributed by atoms with Crippen LogP contribution >= 0.6 is 11.6 Å². The van der Waals surface area contributed by atoms with Crippen LogP contribution in [0, 0.1) is 5.82 Å². The third kappa shape index (κ3) is 5.09. The van der Waals surface area contributed by atoms with Crippen LogP contribution in [0.4, 0.5) is 21.6 Å². The Balaban J connectivity index is 1.32. The molecule has 0 spiro atoms. The molecule has 3 heterocycles. The monoisotopic (exact) mass is 460 g/mol. The second kappa shape index (κ2) is 9.75. The molecule has 1 fully saturated rings. The van der Waals surface area contributed by atoms with Crippen molar-refractivity contribution >= 4 is 39.7 Å². The summed E-state index contributed by atoms with van der Waals surface area (Å²) in [6, 6.07) is 18.9. The maximum absolute atomic E-state index is 14.6. The van der Waals surface area contributed by atoms with Gasteiger partial charge in [-0.1, -0.05) is 17.7 Å². The number of pyridine rings is 2. The zero-order valence-corrected chi connectivity index (χ0v) is 19.2.